The number of aromatic nitrogens is 1. The van der Waals surface area contributed by atoms with Gasteiger partial charge in [-0.1, -0.05) is 6.07 Å². The number of carbonyl (C=O) groups excluding carboxylic acids is 1. The summed E-state index contributed by atoms with van der Waals surface area (Å²) in [5.41, 5.74) is 6.68. The standard InChI is InChI=1S/C19H19FN2O/c1-22-18-6-2-12(8-13(18)3-7-19(22)23)17-11-21-10-14-9-15(20)4-5-16(14)17/h2,6,8,10-11,15H,3-5,7,9H2,1H3/t15-/m1/s1. The Morgan fingerprint density at radius 3 is 2.91 bits per heavy atom. The van der Waals surface area contributed by atoms with E-state index in [1.54, 1.807) is 11.1 Å². The third-order valence-corrected chi connectivity index (χ3v) is 5.03. The van der Waals surface area contributed by atoms with Gasteiger partial charge in [0.25, 0.3) is 0 Å². The highest BCUT2D eigenvalue weighted by Crippen LogP contribution is 2.35. The molecule has 3 nitrogen and oxygen atoms in total. The van der Waals surface area contributed by atoms with Crippen molar-refractivity contribution in [1.29, 1.82) is 0 Å². The van der Waals surface area contributed by atoms with Gasteiger partial charge < -0.3 is 4.90 Å². The number of anilines is 1. The Kier molecular flexibility index (Phi) is 3.40. The second-order valence-electron chi connectivity index (χ2n) is 6.46. The van der Waals surface area contributed by atoms with Crippen LogP contribution in [0.5, 0.6) is 0 Å². The van der Waals surface area contributed by atoms with Crippen LogP contribution in [-0.4, -0.2) is 24.1 Å². The van der Waals surface area contributed by atoms with Gasteiger partial charge in [0.2, 0.25) is 5.91 Å². The van der Waals surface area contributed by atoms with Crippen molar-refractivity contribution in [3.05, 3.63) is 47.3 Å². The van der Waals surface area contributed by atoms with Gasteiger partial charge in [-0.3, -0.25) is 9.78 Å². The molecule has 0 fully saturated rings. The summed E-state index contributed by atoms with van der Waals surface area (Å²) in [7, 11) is 1.83. The molecule has 118 valence electrons. The van der Waals surface area contributed by atoms with E-state index in [0.717, 1.165) is 35.2 Å². The number of hydrogen-bond donors (Lipinski definition) is 0. The predicted octanol–water partition coefficient (Wildman–Crippen LogP) is 3.48. The Bertz CT molecular complexity index is 787. The normalized spacial score (nSPS) is 20.2. The average Bonchev–Trinajstić information content (AvgIpc) is 2.57. The van der Waals surface area contributed by atoms with Crippen LogP contribution in [0.3, 0.4) is 0 Å². The summed E-state index contributed by atoms with van der Waals surface area (Å²) < 4.78 is 13.6. The first-order valence-corrected chi connectivity index (χ1v) is 8.13. The Hall–Kier alpha value is -2.23. The minimum absolute atomic E-state index is 0.165. The second kappa shape index (κ2) is 5.44. The number of carbonyl (C=O) groups is 1. The number of alkyl halides is 1. The average molecular weight is 310 g/mol. The van der Waals surface area contributed by atoms with Crippen molar-refractivity contribution >= 4 is 11.6 Å². The first kappa shape index (κ1) is 14.4. The minimum Gasteiger partial charge on any atom is -0.315 e. The SMILES string of the molecule is CN1C(=O)CCc2cc(-c3cncc4c3CC[C@@H](F)C4)ccc21. The van der Waals surface area contributed by atoms with Crippen molar-refractivity contribution in [3.63, 3.8) is 0 Å². The zero-order valence-electron chi connectivity index (χ0n) is 13.2. The number of hydrogen-bond acceptors (Lipinski definition) is 2. The predicted molar refractivity (Wildman–Crippen MR) is 88.3 cm³/mol. The van der Waals surface area contributed by atoms with E-state index in [0.29, 0.717) is 19.3 Å². The topological polar surface area (TPSA) is 33.2 Å². The fraction of sp³-hybridized carbons (Fsp3) is 0.368. The number of nitrogens with zero attached hydrogens (tertiary/aromatic N) is 2. The zero-order chi connectivity index (χ0) is 16.0. The molecule has 1 aliphatic heterocycles. The Morgan fingerprint density at radius 2 is 2.04 bits per heavy atom. The maximum Gasteiger partial charge on any atom is 0.227 e. The number of fused-ring (bicyclic) bond motifs is 2. The summed E-state index contributed by atoms with van der Waals surface area (Å²) in [6.07, 6.45) is 6.10. The van der Waals surface area contributed by atoms with Gasteiger partial charge in [0.05, 0.1) is 0 Å². The van der Waals surface area contributed by atoms with Crippen molar-refractivity contribution in [2.24, 2.45) is 0 Å². The van der Waals surface area contributed by atoms with Crippen LogP contribution in [0.4, 0.5) is 10.1 Å². The molecule has 23 heavy (non-hydrogen) atoms. The van der Waals surface area contributed by atoms with E-state index in [9.17, 15) is 9.18 Å². The van der Waals surface area contributed by atoms with Crippen LogP contribution in [0.25, 0.3) is 11.1 Å². The van der Waals surface area contributed by atoms with Gasteiger partial charge in [-0.2, -0.15) is 0 Å². The minimum atomic E-state index is -0.747. The number of rotatable bonds is 1. The summed E-state index contributed by atoms with van der Waals surface area (Å²) in [5, 5.41) is 0. The number of halogens is 1. The van der Waals surface area contributed by atoms with Crippen molar-refractivity contribution in [1.82, 2.24) is 4.98 Å². The molecule has 4 rings (SSSR count). The van der Waals surface area contributed by atoms with Crippen molar-refractivity contribution in [2.75, 3.05) is 11.9 Å². The van der Waals surface area contributed by atoms with E-state index in [1.165, 1.54) is 11.1 Å². The van der Waals surface area contributed by atoms with Gasteiger partial charge >= 0.3 is 0 Å². The van der Waals surface area contributed by atoms with Gasteiger partial charge in [0.1, 0.15) is 6.17 Å². The van der Waals surface area contributed by atoms with Crippen molar-refractivity contribution in [2.45, 2.75) is 38.3 Å². The van der Waals surface area contributed by atoms with E-state index in [-0.39, 0.29) is 5.91 Å². The van der Waals surface area contributed by atoms with Crippen LogP contribution in [0.2, 0.25) is 0 Å². The van der Waals surface area contributed by atoms with Gasteiger partial charge in [-0.25, -0.2) is 4.39 Å². The third-order valence-electron chi connectivity index (χ3n) is 5.03. The molecular formula is C19H19FN2O. The molecule has 2 heterocycles. The first-order chi connectivity index (χ1) is 11.1. The molecule has 2 aromatic rings. The molecule has 0 bridgehead atoms. The Balaban J connectivity index is 1.78. The van der Waals surface area contributed by atoms with E-state index < -0.39 is 6.17 Å². The highest BCUT2D eigenvalue weighted by Gasteiger charge is 2.24. The lowest BCUT2D eigenvalue weighted by atomic mass is 9.86. The van der Waals surface area contributed by atoms with Crippen LogP contribution in [0.15, 0.2) is 30.6 Å². The molecule has 0 spiro atoms. The number of amides is 1. The molecule has 1 atom stereocenters. The Labute approximate surface area is 135 Å². The lowest BCUT2D eigenvalue weighted by Crippen LogP contribution is -2.31. The number of benzene rings is 1. The summed E-state index contributed by atoms with van der Waals surface area (Å²) in [5.74, 6) is 0.165. The maximum absolute atomic E-state index is 13.6. The van der Waals surface area contributed by atoms with E-state index in [4.69, 9.17) is 0 Å². The summed E-state index contributed by atoms with van der Waals surface area (Å²) in [6, 6.07) is 6.23. The lowest BCUT2D eigenvalue weighted by Gasteiger charge is -2.27. The van der Waals surface area contributed by atoms with Crippen LogP contribution in [-0.2, 0) is 24.1 Å². The Morgan fingerprint density at radius 1 is 1.17 bits per heavy atom. The van der Waals surface area contributed by atoms with Gasteiger partial charge in [-0.05, 0) is 53.6 Å². The second-order valence-corrected chi connectivity index (χ2v) is 6.46. The summed E-state index contributed by atoms with van der Waals surface area (Å²) >= 11 is 0. The van der Waals surface area contributed by atoms with Crippen LogP contribution in [0, 0.1) is 0 Å². The molecule has 0 saturated carbocycles. The lowest BCUT2D eigenvalue weighted by molar-refractivity contribution is -0.118. The van der Waals surface area contributed by atoms with E-state index >= 15 is 0 Å². The maximum atomic E-state index is 13.6. The molecule has 1 amide bonds. The molecule has 0 N–H and O–H groups in total. The summed E-state index contributed by atoms with van der Waals surface area (Å²) in [6.45, 7) is 0. The highest BCUT2D eigenvalue weighted by molar-refractivity contribution is 5.96. The van der Waals surface area contributed by atoms with Gasteiger partial charge in [0, 0.05) is 43.5 Å². The molecule has 2 aliphatic rings. The quantitative estimate of drug-likeness (QED) is 0.808. The van der Waals surface area contributed by atoms with Gasteiger partial charge in [0.15, 0.2) is 0 Å². The first-order valence-electron chi connectivity index (χ1n) is 8.13. The number of pyridine rings is 1. The molecular weight excluding hydrogens is 291 g/mol. The number of aryl methyl sites for hydroxylation is 1. The molecule has 0 radical (unpaired) electrons. The third kappa shape index (κ3) is 2.42. The highest BCUT2D eigenvalue weighted by atomic mass is 19.1. The molecule has 1 aromatic carbocycles. The molecule has 0 saturated heterocycles. The van der Waals surface area contributed by atoms with Crippen molar-refractivity contribution < 1.29 is 9.18 Å². The molecule has 1 aromatic heterocycles. The van der Waals surface area contributed by atoms with Gasteiger partial charge in [-0.15, -0.1) is 0 Å². The fourth-order valence-electron chi connectivity index (χ4n) is 3.72. The smallest absolute Gasteiger partial charge is 0.227 e. The van der Waals surface area contributed by atoms with E-state index in [1.807, 2.05) is 25.4 Å². The molecule has 4 heteroatoms. The van der Waals surface area contributed by atoms with Crippen LogP contribution < -0.4 is 4.90 Å². The van der Waals surface area contributed by atoms with E-state index in [2.05, 4.69) is 11.1 Å². The van der Waals surface area contributed by atoms with Crippen molar-refractivity contribution in [3.8, 4) is 11.1 Å². The summed E-state index contributed by atoms with van der Waals surface area (Å²) in [4.78, 5) is 17.9. The monoisotopic (exact) mass is 310 g/mol. The van der Waals surface area contributed by atoms with Crippen LogP contribution in [0.1, 0.15) is 29.5 Å². The fourth-order valence-corrected chi connectivity index (χ4v) is 3.72. The zero-order valence-corrected chi connectivity index (χ0v) is 13.2. The van der Waals surface area contributed by atoms with Crippen LogP contribution >= 0.6 is 0 Å². The largest absolute Gasteiger partial charge is 0.315 e. The molecule has 0 unspecified atom stereocenters. The molecule has 1 aliphatic carbocycles.